The molecule has 19 heavy (non-hydrogen) atoms. The van der Waals surface area contributed by atoms with Crippen LogP contribution in [0.5, 0.6) is 5.75 Å². The minimum absolute atomic E-state index is 0.0363. The number of nitrogens with two attached hydrogens (primary N) is 1. The predicted octanol–water partition coefficient (Wildman–Crippen LogP) is 3.98. The molecule has 0 aliphatic heterocycles. The Balaban J connectivity index is 2.09. The van der Waals surface area contributed by atoms with E-state index in [4.69, 9.17) is 10.5 Å². The summed E-state index contributed by atoms with van der Waals surface area (Å²) in [4.78, 5) is 0. The average Bonchev–Trinajstić information content (AvgIpc) is 2.46. The quantitative estimate of drug-likeness (QED) is 0.877. The van der Waals surface area contributed by atoms with Gasteiger partial charge in [-0.05, 0) is 25.0 Å². The highest BCUT2D eigenvalue weighted by atomic mass is 16.5. The Morgan fingerprint density at radius 1 is 1.05 bits per heavy atom. The number of aryl methyl sites for hydroxylation is 1. The molecule has 1 atom stereocenters. The maximum Gasteiger partial charge on any atom is 0.124 e. The number of benzene rings is 2. The molecule has 2 rings (SSSR count). The van der Waals surface area contributed by atoms with Crippen LogP contribution in [-0.4, -0.2) is 0 Å². The zero-order chi connectivity index (χ0) is 13.7. The molecule has 0 saturated heterocycles. The summed E-state index contributed by atoms with van der Waals surface area (Å²) in [5.74, 6) is 0.887. The van der Waals surface area contributed by atoms with Gasteiger partial charge in [-0.1, -0.05) is 55.0 Å². The summed E-state index contributed by atoms with van der Waals surface area (Å²) < 4.78 is 5.91. The number of para-hydroxylation sites is 1. The molecule has 2 aromatic rings. The van der Waals surface area contributed by atoms with Gasteiger partial charge in [0.05, 0.1) is 0 Å². The summed E-state index contributed by atoms with van der Waals surface area (Å²) in [7, 11) is 0. The monoisotopic (exact) mass is 255 g/mol. The van der Waals surface area contributed by atoms with Gasteiger partial charge in [0.25, 0.3) is 0 Å². The lowest BCUT2D eigenvalue weighted by molar-refractivity contribution is 0.300. The van der Waals surface area contributed by atoms with Gasteiger partial charge >= 0.3 is 0 Å². The molecule has 2 aromatic carbocycles. The second-order valence-corrected chi connectivity index (χ2v) is 4.83. The summed E-state index contributed by atoms with van der Waals surface area (Å²) in [5.41, 5.74) is 9.62. The summed E-state index contributed by atoms with van der Waals surface area (Å²) in [5, 5.41) is 0. The van der Waals surface area contributed by atoms with Crippen LogP contribution in [0.15, 0.2) is 48.5 Å². The molecule has 0 aliphatic rings. The molecule has 0 saturated carbocycles. The maximum absolute atomic E-state index is 6.10. The van der Waals surface area contributed by atoms with E-state index in [1.165, 1.54) is 11.1 Å². The number of rotatable bonds is 5. The predicted molar refractivity (Wildman–Crippen MR) is 79.2 cm³/mol. The van der Waals surface area contributed by atoms with E-state index in [-0.39, 0.29) is 6.04 Å². The third-order valence-electron chi connectivity index (χ3n) is 3.27. The molecule has 0 radical (unpaired) electrons. The van der Waals surface area contributed by atoms with Crippen molar-refractivity contribution in [3.63, 3.8) is 0 Å². The van der Waals surface area contributed by atoms with Gasteiger partial charge in [-0.2, -0.15) is 0 Å². The summed E-state index contributed by atoms with van der Waals surface area (Å²) in [6.45, 7) is 4.75. The SMILES string of the molecule is CCC(N)c1ccccc1OCc1ccc(C)cc1. The molecule has 0 amide bonds. The van der Waals surface area contributed by atoms with Crippen LogP contribution in [0.1, 0.15) is 36.1 Å². The number of hydrogen-bond donors (Lipinski definition) is 1. The van der Waals surface area contributed by atoms with E-state index in [1.54, 1.807) is 0 Å². The van der Waals surface area contributed by atoms with Crippen LogP contribution < -0.4 is 10.5 Å². The lowest BCUT2D eigenvalue weighted by atomic mass is 10.0. The van der Waals surface area contributed by atoms with Crippen LogP contribution in [0.25, 0.3) is 0 Å². The Labute approximate surface area is 115 Å². The fourth-order valence-corrected chi connectivity index (χ4v) is 1.98. The van der Waals surface area contributed by atoms with Crippen LogP contribution in [0.2, 0.25) is 0 Å². The van der Waals surface area contributed by atoms with E-state index < -0.39 is 0 Å². The molecule has 100 valence electrons. The Bertz CT molecular complexity index is 519. The molecule has 0 bridgehead atoms. The molecular formula is C17H21NO. The van der Waals surface area contributed by atoms with Crippen LogP contribution in [0.3, 0.4) is 0 Å². The van der Waals surface area contributed by atoms with Crippen LogP contribution >= 0.6 is 0 Å². The van der Waals surface area contributed by atoms with Crippen molar-refractivity contribution in [2.45, 2.75) is 32.9 Å². The van der Waals surface area contributed by atoms with Crippen molar-refractivity contribution in [1.82, 2.24) is 0 Å². The van der Waals surface area contributed by atoms with Crippen molar-refractivity contribution in [2.24, 2.45) is 5.73 Å². The van der Waals surface area contributed by atoms with Gasteiger partial charge in [0.2, 0.25) is 0 Å². The van der Waals surface area contributed by atoms with Crippen molar-refractivity contribution in [2.75, 3.05) is 0 Å². The largest absolute Gasteiger partial charge is 0.489 e. The Morgan fingerprint density at radius 3 is 2.42 bits per heavy atom. The van der Waals surface area contributed by atoms with E-state index in [2.05, 4.69) is 38.1 Å². The van der Waals surface area contributed by atoms with Crippen LogP contribution in [-0.2, 0) is 6.61 Å². The highest BCUT2D eigenvalue weighted by Gasteiger charge is 2.09. The van der Waals surface area contributed by atoms with Gasteiger partial charge in [-0.15, -0.1) is 0 Å². The van der Waals surface area contributed by atoms with E-state index in [9.17, 15) is 0 Å². The summed E-state index contributed by atoms with van der Waals surface area (Å²) in [6, 6.07) is 16.4. The zero-order valence-corrected chi connectivity index (χ0v) is 11.6. The molecular weight excluding hydrogens is 234 g/mol. The first-order valence-corrected chi connectivity index (χ1v) is 6.73. The maximum atomic E-state index is 6.10. The van der Waals surface area contributed by atoms with Crippen molar-refractivity contribution in [3.8, 4) is 5.75 Å². The molecule has 0 fully saturated rings. The number of ether oxygens (including phenoxy) is 1. The molecule has 0 heterocycles. The van der Waals surface area contributed by atoms with E-state index >= 15 is 0 Å². The molecule has 0 spiro atoms. The van der Waals surface area contributed by atoms with E-state index in [0.29, 0.717) is 6.61 Å². The highest BCUT2D eigenvalue weighted by Crippen LogP contribution is 2.26. The third-order valence-corrected chi connectivity index (χ3v) is 3.27. The molecule has 2 heteroatoms. The molecule has 2 nitrogen and oxygen atoms in total. The second kappa shape index (κ2) is 6.39. The second-order valence-electron chi connectivity index (χ2n) is 4.83. The standard InChI is InChI=1S/C17H21NO/c1-3-16(18)15-6-4-5-7-17(15)19-12-14-10-8-13(2)9-11-14/h4-11,16H,3,12,18H2,1-2H3. The normalized spacial score (nSPS) is 12.2. The zero-order valence-electron chi connectivity index (χ0n) is 11.6. The summed E-state index contributed by atoms with van der Waals surface area (Å²) >= 11 is 0. The van der Waals surface area contributed by atoms with E-state index in [0.717, 1.165) is 17.7 Å². The smallest absolute Gasteiger partial charge is 0.124 e. The minimum atomic E-state index is 0.0363. The first kappa shape index (κ1) is 13.6. The Hall–Kier alpha value is -1.80. The van der Waals surface area contributed by atoms with Gasteiger partial charge in [-0.3, -0.25) is 0 Å². The number of hydrogen-bond acceptors (Lipinski definition) is 2. The first-order chi connectivity index (χ1) is 9.20. The first-order valence-electron chi connectivity index (χ1n) is 6.73. The molecule has 2 N–H and O–H groups in total. The molecule has 1 unspecified atom stereocenters. The van der Waals surface area contributed by atoms with Crippen molar-refractivity contribution in [1.29, 1.82) is 0 Å². The van der Waals surface area contributed by atoms with Crippen LogP contribution in [0, 0.1) is 6.92 Å². The minimum Gasteiger partial charge on any atom is -0.489 e. The highest BCUT2D eigenvalue weighted by molar-refractivity contribution is 5.36. The van der Waals surface area contributed by atoms with E-state index in [1.807, 2.05) is 24.3 Å². The van der Waals surface area contributed by atoms with Gasteiger partial charge in [0.1, 0.15) is 12.4 Å². The lowest BCUT2D eigenvalue weighted by Gasteiger charge is -2.15. The Morgan fingerprint density at radius 2 is 1.74 bits per heavy atom. The average molecular weight is 255 g/mol. The molecule has 0 aromatic heterocycles. The van der Waals surface area contributed by atoms with Gasteiger partial charge < -0.3 is 10.5 Å². The topological polar surface area (TPSA) is 35.2 Å². The molecule has 0 aliphatic carbocycles. The van der Waals surface area contributed by atoms with Crippen molar-refractivity contribution < 1.29 is 4.74 Å². The Kier molecular flexibility index (Phi) is 4.58. The van der Waals surface area contributed by atoms with Gasteiger partial charge in [0.15, 0.2) is 0 Å². The lowest BCUT2D eigenvalue weighted by Crippen LogP contribution is -2.10. The fraction of sp³-hybridized carbons (Fsp3) is 0.294. The van der Waals surface area contributed by atoms with Crippen molar-refractivity contribution >= 4 is 0 Å². The van der Waals surface area contributed by atoms with Gasteiger partial charge in [-0.25, -0.2) is 0 Å². The van der Waals surface area contributed by atoms with Crippen molar-refractivity contribution in [3.05, 3.63) is 65.2 Å². The third kappa shape index (κ3) is 3.58. The fourth-order valence-electron chi connectivity index (χ4n) is 1.98. The van der Waals surface area contributed by atoms with Crippen LogP contribution in [0.4, 0.5) is 0 Å². The summed E-state index contributed by atoms with van der Waals surface area (Å²) in [6.07, 6.45) is 0.908. The van der Waals surface area contributed by atoms with Gasteiger partial charge in [0, 0.05) is 11.6 Å².